The third kappa shape index (κ3) is 1.17. The highest BCUT2D eigenvalue weighted by atomic mass is 35.5. The molecule has 0 bridgehead atoms. The van der Waals surface area contributed by atoms with Gasteiger partial charge in [0.2, 0.25) is 5.91 Å². The summed E-state index contributed by atoms with van der Waals surface area (Å²) in [5.74, 6) is -0.167. The maximum Gasteiger partial charge on any atom is 0.229 e. The van der Waals surface area contributed by atoms with E-state index in [9.17, 15) is 4.79 Å². The van der Waals surface area contributed by atoms with E-state index in [1.165, 1.54) is 24.1 Å². The number of carbonyl (C=O) groups is 1. The van der Waals surface area contributed by atoms with E-state index in [1.54, 1.807) is 0 Å². The number of nitrogens with zero attached hydrogens (tertiary/aromatic N) is 4. The molecule has 0 spiro atoms. The van der Waals surface area contributed by atoms with Crippen LogP contribution in [0.2, 0.25) is 5.15 Å². The van der Waals surface area contributed by atoms with Crippen molar-refractivity contribution in [2.75, 3.05) is 0 Å². The van der Waals surface area contributed by atoms with Gasteiger partial charge in [0, 0.05) is 6.92 Å². The first-order chi connectivity index (χ1) is 6.20. The molecule has 0 radical (unpaired) electrons. The Kier molecular flexibility index (Phi) is 1.73. The van der Waals surface area contributed by atoms with Gasteiger partial charge in [-0.05, 0) is 0 Å². The van der Waals surface area contributed by atoms with Crippen LogP contribution in [-0.4, -0.2) is 25.4 Å². The molecule has 2 heterocycles. The Morgan fingerprint density at radius 3 is 2.92 bits per heavy atom. The monoisotopic (exact) mass is 196 g/mol. The highest BCUT2D eigenvalue weighted by molar-refractivity contribution is 6.33. The van der Waals surface area contributed by atoms with E-state index in [0.717, 1.165) is 0 Å². The van der Waals surface area contributed by atoms with E-state index in [0.29, 0.717) is 11.2 Å². The lowest BCUT2D eigenvalue weighted by atomic mass is 10.5. The number of imidazole rings is 1. The van der Waals surface area contributed by atoms with Gasteiger partial charge >= 0.3 is 0 Å². The van der Waals surface area contributed by atoms with Gasteiger partial charge in [-0.2, -0.15) is 0 Å². The Bertz CT molecular complexity index is 478. The van der Waals surface area contributed by atoms with Crippen LogP contribution in [0.1, 0.15) is 11.7 Å². The van der Waals surface area contributed by atoms with Crippen molar-refractivity contribution in [3.8, 4) is 0 Å². The van der Waals surface area contributed by atoms with Gasteiger partial charge in [-0.25, -0.2) is 15.0 Å². The van der Waals surface area contributed by atoms with Gasteiger partial charge in [0.05, 0.1) is 0 Å². The minimum absolute atomic E-state index is 0.167. The zero-order valence-electron chi connectivity index (χ0n) is 6.73. The van der Waals surface area contributed by atoms with Gasteiger partial charge in [0.1, 0.15) is 18.2 Å². The van der Waals surface area contributed by atoms with Gasteiger partial charge < -0.3 is 0 Å². The van der Waals surface area contributed by atoms with Gasteiger partial charge in [-0.1, -0.05) is 11.6 Å². The van der Waals surface area contributed by atoms with Crippen molar-refractivity contribution in [2.24, 2.45) is 0 Å². The Morgan fingerprint density at radius 1 is 1.46 bits per heavy atom. The summed E-state index contributed by atoms with van der Waals surface area (Å²) in [5, 5.41) is 0.234. The third-order valence-corrected chi connectivity index (χ3v) is 1.91. The smallest absolute Gasteiger partial charge is 0.229 e. The molecule has 2 aromatic heterocycles. The molecule has 0 saturated heterocycles. The van der Waals surface area contributed by atoms with Crippen LogP contribution in [0.25, 0.3) is 11.2 Å². The third-order valence-electron chi connectivity index (χ3n) is 1.63. The molecule has 66 valence electrons. The topological polar surface area (TPSA) is 60.7 Å². The lowest BCUT2D eigenvalue weighted by molar-refractivity contribution is 0.0941. The van der Waals surface area contributed by atoms with E-state index < -0.39 is 0 Å². The molecule has 0 fully saturated rings. The highest BCUT2D eigenvalue weighted by Gasteiger charge is 2.10. The number of carbonyl (C=O) groups excluding carboxylic acids is 1. The maximum atomic E-state index is 11.1. The van der Waals surface area contributed by atoms with Crippen molar-refractivity contribution < 1.29 is 4.79 Å². The quantitative estimate of drug-likeness (QED) is 0.593. The first-order valence-corrected chi connectivity index (χ1v) is 3.92. The van der Waals surface area contributed by atoms with Gasteiger partial charge in [0.25, 0.3) is 0 Å². The normalized spacial score (nSPS) is 10.6. The molecule has 2 aromatic rings. The fraction of sp³-hybridized carbons (Fsp3) is 0.143. The predicted octanol–water partition coefficient (Wildman–Crippen LogP) is 1.14. The van der Waals surface area contributed by atoms with Gasteiger partial charge in [-0.3, -0.25) is 9.36 Å². The van der Waals surface area contributed by atoms with Crippen molar-refractivity contribution in [3.05, 3.63) is 17.8 Å². The Balaban J connectivity index is 2.86. The molecule has 2 rings (SSSR count). The molecule has 0 N–H and O–H groups in total. The summed E-state index contributed by atoms with van der Waals surface area (Å²) < 4.78 is 1.32. The molecule has 13 heavy (non-hydrogen) atoms. The van der Waals surface area contributed by atoms with Crippen LogP contribution < -0.4 is 0 Å². The second-order valence-electron chi connectivity index (χ2n) is 2.47. The molecule has 0 amide bonds. The predicted molar refractivity (Wildman–Crippen MR) is 46.6 cm³/mol. The van der Waals surface area contributed by atoms with Crippen LogP contribution in [0.15, 0.2) is 12.7 Å². The van der Waals surface area contributed by atoms with E-state index in [2.05, 4.69) is 15.0 Å². The molecule has 0 aliphatic heterocycles. The molecule has 0 aromatic carbocycles. The number of fused-ring (bicyclic) bond motifs is 1. The van der Waals surface area contributed by atoms with Crippen molar-refractivity contribution >= 4 is 28.7 Å². The van der Waals surface area contributed by atoms with Crippen LogP contribution in [0.3, 0.4) is 0 Å². The standard InChI is InChI=1S/C7H5ClN4O/c1-4(13)12-3-11-7-5(12)6(8)9-2-10-7/h2-3H,1H3. The van der Waals surface area contributed by atoms with Crippen LogP contribution in [-0.2, 0) is 0 Å². The van der Waals surface area contributed by atoms with Crippen LogP contribution in [0, 0.1) is 0 Å². The van der Waals surface area contributed by atoms with Crippen molar-refractivity contribution in [2.45, 2.75) is 6.92 Å². The zero-order chi connectivity index (χ0) is 9.42. The number of hydrogen-bond acceptors (Lipinski definition) is 4. The molecule has 6 heteroatoms. The first-order valence-electron chi connectivity index (χ1n) is 3.54. The van der Waals surface area contributed by atoms with E-state index in [4.69, 9.17) is 11.6 Å². The van der Waals surface area contributed by atoms with E-state index >= 15 is 0 Å². The number of hydrogen-bond donors (Lipinski definition) is 0. The average Bonchev–Trinajstić information content (AvgIpc) is 2.49. The molecular weight excluding hydrogens is 192 g/mol. The van der Waals surface area contributed by atoms with Crippen molar-refractivity contribution in [1.29, 1.82) is 0 Å². The number of halogens is 1. The number of rotatable bonds is 0. The second kappa shape index (κ2) is 2.77. The Labute approximate surface area is 78.4 Å². The minimum Gasteiger partial charge on any atom is -0.274 e. The van der Waals surface area contributed by atoms with Crippen molar-refractivity contribution in [1.82, 2.24) is 19.5 Å². The summed E-state index contributed by atoms with van der Waals surface area (Å²) in [7, 11) is 0. The molecule has 0 saturated carbocycles. The molecular formula is C7H5ClN4O. The first kappa shape index (κ1) is 8.12. The Hall–Kier alpha value is -1.49. The summed E-state index contributed by atoms with van der Waals surface area (Å²) in [4.78, 5) is 22.6. The summed E-state index contributed by atoms with van der Waals surface area (Å²) in [6.45, 7) is 1.42. The van der Waals surface area contributed by atoms with Crippen LogP contribution >= 0.6 is 11.6 Å². The van der Waals surface area contributed by atoms with Gasteiger partial charge in [-0.15, -0.1) is 0 Å². The summed E-state index contributed by atoms with van der Waals surface area (Å²) in [6.07, 6.45) is 2.69. The van der Waals surface area contributed by atoms with E-state index in [1.807, 2.05) is 0 Å². The SMILES string of the molecule is CC(=O)n1cnc2ncnc(Cl)c21. The summed E-state index contributed by atoms with van der Waals surface area (Å²) in [6, 6.07) is 0. The minimum atomic E-state index is -0.167. The molecule has 0 aliphatic rings. The second-order valence-corrected chi connectivity index (χ2v) is 2.83. The molecule has 0 aliphatic carbocycles. The summed E-state index contributed by atoms with van der Waals surface area (Å²) >= 11 is 5.78. The lowest BCUT2D eigenvalue weighted by Crippen LogP contribution is -2.03. The van der Waals surface area contributed by atoms with Crippen LogP contribution in [0.4, 0.5) is 0 Å². The van der Waals surface area contributed by atoms with Crippen molar-refractivity contribution in [3.63, 3.8) is 0 Å². The average molecular weight is 197 g/mol. The fourth-order valence-electron chi connectivity index (χ4n) is 1.06. The lowest BCUT2D eigenvalue weighted by Gasteiger charge is -1.97. The zero-order valence-corrected chi connectivity index (χ0v) is 7.49. The Morgan fingerprint density at radius 2 is 2.23 bits per heavy atom. The largest absolute Gasteiger partial charge is 0.274 e. The number of aromatic nitrogens is 4. The molecule has 5 nitrogen and oxygen atoms in total. The molecule has 0 atom stereocenters. The molecule has 0 unspecified atom stereocenters. The summed E-state index contributed by atoms with van der Waals surface area (Å²) in [5.41, 5.74) is 0.881. The van der Waals surface area contributed by atoms with Crippen LogP contribution in [0.5, 0.6) is 0 Å². The van der Waals surface area contributed by atoms with E-state index in [-0.39, 0.29) is 11.1 Å². The fourth-order valence-corrected chi connectivity index (χ4v) is 1.28. The maximum absolute atomic E-state index is 11.1. The highest BCUT2D eigenvalue weighted by Crippen LogP contribution is 2.17. The van der Waals surface area contributed by atoms with Gasteiger partial charge in [0.15, 0.2) is 10.8 Å².